The van der Waals surface area contributed by atoms with E-state index >= 15 is 0 Å². The van der Waals surface area contributed by atoms with Crippen molar-refractivity contribution < 1.29 is 9.90 Å². The van der Waals surface area contributed by atoms with Gasteiger partial charge < -0.3 is 16.6 Å². The molecule has 0 spiro atoms. The second kappa shape index (κ2) is 3.74. The average molecular weight is 235 g/mol. The number of hydrogen-bond acceptors (Lipinski definition) is 4. The summed E-state index contributed by atoms with van der Waals surface area (Å²) in [5.74, 6) is -0.265. The molecule has 5 N–H and O–H groups in total. The Hall–Kier alpha value is -0.810. The van der Waals surface area contributed by atoms with E-state index in [1.54, 1.807) is 0 Å². The van der Waals surface area contributed by atoms with Crippen molar-refractivity contribution in [2.45, 2.75) is 5.66 Å². The van der Waals surface area contributed by atoms with Crippen LogP contribution in [-0.4, -0.2) is 11.4 Å². The number of aromatic hydroxyl groups is 1. The number of carbonyl (C=O) groups excluding carboxylic acids is 1. The van der Waals surface area contributed by atoms with E-state index in [0.29, 0.717) is 6.29 Å². The van der Waals surface area contributed by atoms with Crippen molar-refractivity contribution >= 4 is 29.5 Å². The molecule has 0 atom stereocenters. The Balaban J connectivity index is 3.32. The predicted molar refractivity (Wildman–Crippen MR) is 54.2 cm³/mol. The fourth-order valence-electron chi connectivity index (χ4n) is 0.884. The number of halogens is 2. The van der Waals surface area contributed by atoms with Gasteiger partial charge in [-0.25, -0.2) is 0 Å². The zero-order valence-corrected chi connectivity index (χ0v) is 8.51. The Morgan fingerprint density at radius 3 is 2.07 bits per heavy atom. The molecule has 1 aromatic carbocycles. The number of nitrogens with two attached hydrogens (primary N) is 2. The summed E-state index contributed by atoms with van der Waals surface area (Å²) in [7, 11) is 0. The first-order valence-corrected chi connectivity index (χ1v) is 4.36. The summed E-state index contributed by atoms with van der Waals surface area (Å²) in [6.07, 6.45) is 0.367. The molecule has 0 aliphatic rings. The molecule has 0 amide bonds. The maximum absolute atomic E-state index is 10.5. The molecular formula is C8H8Cl2N2O2. The smallest absolute Gasteiger partial charge is 0.158 e. The number of rotatable bonds is 2. The summed E-state index contributed by atoms with van der Waals surface area (Å²) in [4.78, 5) is 10.5. The van der Waals surface area contributed by atoms with Crippen LogP contribution in [0.15, 0.2) is 12.1 Å². The third-order valence-corrected chi connectivity index (χ3v) is 2.29. The molecule has 0 fully saturated rings. The van der Waals surface area contributed by atoms with Crippen molar-refractivity contribution in [1.29, 1.82) is 0 Å². The highest BCUT2D eigenvalue weighted by Gasteiger charge is 2.23. The highest BCUT2D eigenvalue weighted by molar-refractivity contribution is 6.37. The highest BCUT2D eigenvalue weighted by atomic mass is 35.5. The monoisotopic (exact) mass is 234 g/mol. The average Bonchev–Trinajstić information content (AvgIpc) is 2.13. The van der Waals surface area contributed by atoms with Crippen LogP contribution >= 0.6 is 23.2 Å². The van der Waals surface area contributed by atoms with Crippen LogP contribution in [0, 0.1) is 0 Å². The van der Waals surface area contributed by atoms with Crippen LogP contribution in [0.25, 0.3) is 0 Å². The van der Waals surface area contributed by atoms with Gasteiger partial charge in [0.1, 0.15) is 5.66 Å². The minimum atomic E-state index is -1.65. The quantitative estimate of drug-likeness (QED) is 0.526. The lowest BCUT2D eigenvalue weighted by Gasteiger charge is -2.18. The van der Waals surface area contributed by atoms with E-state index in [0.717, 1.165) is 0 Å². The summed E-state index contributed by atoms with van der Waals surface area (Å²) in [6.45, 7) is 0. The fraction of sp³-hybridized carbons (Fsp3) is 0.125. The van der Waals surface area contributed by atoms with Gasteiger partial charge in [-0.2, -0.15) is 0 Å². The Kier molecular flexibility index (Phi) is 3.01. The molecule has 0 saturated carbocycles. The number of aldehydes is 1. The maximum atomic E-state index is 10.5. The zero-order chi connectivity index (χ0) is 10.9. The summed E-state index contributed by atoms with van der Waals surface area (Å²) in [6, 6.07) is 2.58. The van der Waals surface area contributed by atoms with E-state index in [4.69, 9.17) is 34.7 Å². The molecule has 0 unspecified atom stereocenters. The third kappa shape index (κ3) is 1.99. The lowest BCUT2D eigenvalue weighted by atomic mass is 10.0. The molecule has 0 aliphatic heterocycles. The third-order valence-electron chi connectivity index (χ3n) is 1.71. The van der Waals surface area contributed by atoms with Gasteiger partial charge in [-0.3, -0.25) is 4.79 Å². The number of carbonyl (C=O) groups is 1. The summed E-state index contributed by atoms with van der Waals surface area (Å²) < 4.78 is 0. The van der Waals surface area contributed by atoms with Crippen LogP contribution < -0.4 is 11.5 Å². The molecule has 0 heterocycles. The normalized spacial score (nSPS) is 11.4. The zero-order valence-electron chi connectivity index (χ0n) is 7.00. The number of phenols is 1. The highest BCUT2D eigenvalue weighted by Crippen LogP contribution is 2.34. The van der Waals surface area contributed by atoms with Gasteiger partial charge >= 0.3 is 0 Å². The Morgan fingerprint density at radius 1 is 1.29 bits per heavy atom. The SMILES string of the molecule is NC(N)(C=O)c1cc(Cl)c(O)c(Cl)c1. The predicted octanol–water partition coefficient (Wildman–Crippen LogP) is 0.968. The molecule has 0 aromatic heterocycles. The number of phenolic OH excluding ortho intramolecular Hbond substituents is 1. The Bertz CT molecular complexity index is 357. The van der Waals surface area contributed by atoms with Gasteiger partial charge in [-0.15, -0.1) is 0 Å². The Labute approximate surface area is 90.4 Å². The van der Waals surface area contributed by atoms with Crippen LogP contribution in [-0.2, 0) is 10.5 Å². The van der Waals surface area contributed by atoms with Gasteiger partial charge in [0.15, 0.2) is 12.0 Å². The minimum absolute atomic E-state index is 0.00498. The van der Waals surface area contributed by atoms with E-state index in [1.165, 1.54) is 12.1 Å². The van der Waals surface area contributed by atoms with Crippen molar-refractivity contribution in [2.75, 3.05) is 0 Å². The summed E-state index contributed by atoms with van der Waals surface area (Å²) in [5.41, 5.74) is 9.46. The van der Waals surface area contributed by atoms with Gasteiger partial charge in [0.2, 0.25) is 0 Å². The fourth-order valence-corrected chi connectivity index (χ4v) is 1.37. The summed E-state index contributed by atoms with van der Waals surface area (Å²) >= 11 is 11.2. The molecule has 1 aromatic rings. The first-order valence-electron chi connectivity index (χ1n) is 3.61. The van der Waals surface area contributed by atoms with Crippen molar-refractivity contribution in [2.24, 2.45) is 11.5 Å². The molecule has 6 heteroatoms. The van der Waals surface area contributed by atoms with E-state index in [2.05, 4.69) is 0 Å². The van der Waals surface area contributed by atoms with Crippen LogP contribution in [0.4, 0.5) is 0 Å². The van der Waals surface area contributed by atoms with Crippen molar-refractivity contribution in [3.63, 3.8) is 0 Å². The molecular weight excluding hydrogens is 227 g/mol. The molecule has 1 rings (SSSR count). The lowest BCUT2D eigenvalue weighted by molar-refractivity contribution is -0.112. The van der Waals surface area contributed by atoms with Crippen LogP contribution in [0.5, 0.6) is 5.75 Å². The van der Waals surface area contributed by atoms with E-state index < -0.39 is 5.66 Å². The number of benzene rings is 1. The largest absolute Gasteiger partial charge is 0.505 e. The van der Waals surface area contributed by atoms with Crippen molar-refractivity contribution in [1.82, 2.24) is 0 Å². The maximum Gasteiger partial charge on any atom is 0.158 e. The van der Waals surface area contributed by atoms with Gasteiger partial charge in [0, 0.05) is 0 Å². The minimum Gasteiger partial charge on any atom is -0.505 e. The topological polar surface area (TPSA) is 89.3 Å². The van der Waals surface area contributed by atoms with Gasteiger partial charge in [-0.05, 0) is 17.7 Å². The first-order chi connectivity index (χ1) is 6.38. The molecule has 0 bridgehead atoms. The van der Waals surface area contributed by atoms with Crippen molar-refractivity contribution in [3.05, 3.63) is 27.7 Å². The van der Waals surface area contributed by atoms with E-state index in [1.807, 2.05) is 0 Å². The van der Waals surface area contributed by atoms with Crippen LogP contribution in [0.3, 0.4) is 0 Å². The molecule has 14 heavy (non-hydrogen) atoms. The molecule has 0 radical (unpaired) electrons. The Morgan fingerprint density at radius 2 is 1.71 bits per heavy atom. The molecule has 4 nitrogen and oxygen atoms in total. The molecule has 0 aliphatic carbocycles. The van der Waals surface area contributed by atoms with Crippen LogP contribution in [0.1, 0.15) is 5.56 Å². The van der Waals surface area contributed by atoms with E-state index in [-0.39, 0.29) is 21.4 Å². The first kappa shape index (κ1) is 11.3. The standard InChI is InChI=1S/C8H8Cl2N2O2/c9-5-1-4(8(11,12)3-13)2-6(10)7(5)14/h1-3,14H,11-12H2. The van der Waals surface area contributed by atoms with E-state index in [9.17, 15) is 9.90 Å². The molecule has 0 saturated heterocycles. The second-order valence-corrected chi connectivity index (χ2v) is 3.65. The lowest BCUT2D eigenvalue weighted by Crippen LogP contribution is -2.47. The van der Waals surface area contributed by atoms with Gasteiger partial charge in [0.25, 0.3) is 0 Å². The van der Waals surface area contributed by atoms with Crippen molar-refractivity contribution in [3.8, 4) is 5.75 Å². The second-order valence-electron chi connectivity index (χ2n) is 2.84. The van der Waals surface area contributed by atoms with Gasteiger partial charge in [-0.1, -0.05) is 23.2 Å². The molecule has 76 valence electrons. The number of hydrogen-bond donors (Lipinski definition) is 3. The van der Waals surface area contributed by atoms with Gasteiger partial charge in [0.05, 0.1) is 10.0 Å². The van der Waals surface area contributed by atoms with Crippen LogP contribution in [0.2, 0.25) is 10.0 Å². The summed E-state index contributed by atoms with van der Waals surface area (Å²) in [5, 5.41) is 9.23.